The van der Waals surface area contributed by atoms with Gasteiger partial charge >= 0.3 is 0 Å². The second-order valence-electron chi connectivity index (χ2n) is 8.29. The number of ether oxygens (including phenoxy) is 1. The van der Waals surface area contributed by atoms with Crippen LogP contribution in [0.3, 0.4) is 0 Å². The number of methoxy groups -OCH3 is 1. The molecule has 8 nitrogen and oxygen atoms in total. The van der Waals surface area contributed by atoms with Crippen molar-refractivity contribution in [2.24, 2.45) is 0 Å². The van der Waals surface area contributed by atoms with Crippen LogP contribution < -0.4 is 4.74 Å². The van der Waals surface area contributed by atoms with Crippen molar-refractivity contribution in [3.63, 3.8) is 0 Å². The van der Waals surface area contributed by atoms with Crippen LogP contribution >= 0.6 is 0 Å². The van der Waals surface area contributed by atoms with Gasteiger partial charge in [-0.25, -0.2) is 0 Å². The number of hydrogen-bond acceptors (Lipinski definition) is 7. The number of piperazine rings is 1. The van der Waals surface area contributed by atoms with Gasteiger partial charge in [-0.2, -0.15) is 4.98 Å². The van der Waals surface area contributed by atoms with Crippen LogP contribution in [0, 0.1) is 6.92 Å². The summed E-state index contributed by atoms with van der Waals surface area (Å²) in [7, 11) is 1.57. The van der Waals surface area contributed by atoms with Crippen LogP contribution in [0.5, 0.6) is 5.75 Å². The van der Waals surface area contributed by atoms with Crippen molar-refractivity contribution >= 4 is 11.7 Å². The Hall–Kier alpha value is -3.52. The highest BCUT2D eigenvalue weighted by atomic mass is 16.5. The predicted octanol–water partition coefficient (Wildman–Crippen LogP) is 3.14. The number of aromatic nitrogens is 2. The number of nitrogens with zero attached hydrogens (tertiary/aromatic N) is 4. The Labute approximate surface area is 193 Å². The number of aryl methyl sites for hydroxylation is 1. The Bertz CT molecular complexity index is 1130. The van der Waals surface area contributed by atoms with Gasteiger partial charge in [-0.05, 0) is 32.0 Å². The minimum Gasteiger partial charge on any atom is -0.496 e. The van der Waals surface area contributed by atoms with E-state index in [1.54, 1.807) is 25.3 Å². The molecule has 0 atom stereocenters. The molecule has 172 valence electrons. The van der Waals surface area contributed by atoms with E-state index in [0.29, 0.717) is 42.7 Å². The molecule has 1 fully saturated rings. The molecule has 0 bridgehead atoms. The number of benzene rings is 2. The van der Waals surface area contributed by atoms with E-state index in [0.717, 1.165) is 24.2 Å². The van der Waals surface area contributed by atoms with Crippen molar-refractivity contribution in [1.29, 1.82) is 0 Å². The maximum atomic E-state index is 12.9. The summed E-state index contributed by atoms with van der Waals surface area (Å²) in [6, 6.07) is 13.2. The Morgan fingerprint density at radius 3 is 2.45 bits per heavy atom. The Morgan fingerprint density at radius 1 is 1.06 bits per heavy atom. The topological polar surface area (TPSA) is 88.8 Å². The van der Waals surface area contributed by atoms with Crippen LogP contribution in [-0.4, -0.2) is 64.9 Å². The normalized spacial score (nSPS) is 14.3. The third-order valence-electron chi connectivity index (χ3n) is 5.89. The molecule has 4 rings (SSSR count). The molecule has 8 heteroatoms. The van der Waals surface area contributed by atoms with Crippen LogP contribution in [0.25, 0.3) is 11.4 Å². The first-order chi connectivity index (χ1) is 15.9. The minimum absolute atomic E-state index is 0.0214. The van der Waals surface area contributed by atoms with Gasteiger partial charge in [0.1, 0.15) is 5.75 Å². The molecule has 1 aromatic heterocycles. The van der Waals surface area contributed by atoms with Crippen molar-refractivity contribution in [2.45, 2.75) is 26.8 Å². The fourth-order valence-corrected chi connectivity index (χ4v) is 3.90. The molecule has 1 saturated heterocycles. The van der Waals surface area contributed by atoms with E-state index in [4.69, 9.17) is 9.26 Å². The number of hydrogen-bond donors (Lipinski definition) is 0. The average molecular weight is 449 g/mol. The zero-order valence-corrected chi connectivity index (χ0v) is 19.2. The molecule has 0 aliphatic carbocycles. The van der Waals surface area contributed by atoms with Gasteiger partial charge in [0.25, 0.3) is 0 Å². The molecule has 0 spiro atoms. The highest BCUT2D eigenvalue weighted by Crippen LogP contribution is 2.22. The second kappa shape index (κ2) is 9.95. The lowest BCUT2D eigenvalue weighted by atomic mass is 10.0. The van der Waals surface area contributed by atoms with Gasteiger partial charge in [-0.3, -0.25) is 14.5 Å². The van der Waals surface area contributed by atoms with E-state index >= 15 is 0 Å². The van der Waals surface area contributed by atoms with Crippen molar-refractivity contribution in [1.82, 2.24) is 19.9 Å². The van der Waals surface area contributed by atoms with E-state index in [2.05, 4.69) is 15.0 Å². The molecule has 0 N–H and O–H groups in total. The second-order valence-corrected chi connectivity index (χ2v) is 8.29. The predicted molar refractivity (Wildman–Crippen MR) is 123 cm³/mol. The summed E-state index contributed by atoms with van der Waals surface area (Å²) in [4.78, 5) is 33.2. The molecule has 0 unspecified atom stereocenters. The largest absolute Gasteiger partial charge is 0.496 e. The van der Waals surface area contributed by atoms with Gasteiger partial charge in [0.05, 0.1) is 20.1 Å². The molecule has 1 aliphatic rings. The fraction of sp³-hybridized carbons (Fsp3) is 0.360. The van der Waals surface area contributed by atoms with Gasteiger partial charge in [0.2, 0.25) is 17.6 Å². The zero-order valence-electron chi connectivity index (χ0n) is 19.2. The Kier molecular flexibility index (Phi) is 6.84. The van der Waals surface area contributed by atoms with Crippen LogP contribution in [0.1, 0.15) is 34.3 Å². The molecule has 1 amide bonds. The van der Waals surface area contributed by atoms with Gasteiger partial charge in [-0.1, -0.05) is 35.0 Å². The first-order valence-electron chi connectivity index (χ1n) is 11.0. The summed E-state index contributed by atoms with van der Waals surface area (Å²) in [5.41, 5.74) is 3.41. The molecule has 2 aromatic carbocycles. The number of amides is 1. The zero-order chi connectivity index (χ0) is 23.4. The van der Waals surface area contributed by atoms with Crippen LogP contribution in [0.4, 0.5) is 0 Å². The Balaban J connectivity index is 1.32. The smallest absolute Gasteiger partial charge is 0.241 e. The summed E-state index contributed by atoms with van der Waals surface area (Å²) in [5, 5.41) is 4.09. The van der Waals surface area contributed by atoms with Crippen molar-refractivity contribution in [3.05, 3.63) is 65.0 Å². The van der Waals surface area contributed by atoms with Crippen LogP contribution in [-0.2, 0) is 17.8 Å². The maximum Gasteiger partial charge on any atom is 0.241 e. The number of rotatable bonds is 7. The summed E-state index contributed by atoms with van der Waals surface area (Å²) in [6.45, 7) is 6.78. The van der Waals surface area contributed by atoms with E-state index in [1.807, 2.05) is 36.1 Å². The molecule has 0 radical (unpaired) electrons. The summed E-state index contributed by atoms with van der Waals surface area (Å²) in [6.07, 6.45) is 0.202. The number of ketones is 1. The minimum atomic E-state index is -0.0356. The summed E-state index contributed by atoms with van der Waals surface area (Å²) in [5.74, 6) is 1.75. The highest BCUT2D eigenvalue weighted by Gasteiger charge is 2.24. The lowest BCUT2D eigenvalue weighted by Gasteiger charge is -2.34. The molecule has 2 heterocycles. The maximum absolute atomic E-state index is 12.9. The SMILES string of the molecule is COc1ccc(C(C)=O)cc1CC(=O)N1CCN(Cc2nc(-c3ccc(C)cc3)no2)CC1. The number of Topliss-reactive ketones (excluding diaryl/α,β-unsaturated/α-hetero) is 1. The summed E-state index contributed by atoms with van der Waals surface area (Å²) >= 11 is 0. The monoisotopic (exact) mass is 448 g/mol. The standard InChI is InChI=1S/C25H28N4O4/c1-17-4-6-19(7-5-17)25-26-23(33-27-25)16-28-10-12-29(13-11-28)24(31)15-21-14-20(18(2)30)8-9-22(21)32-3/h4-9,14H,10-13,15-16H2,1-3H3. The first-order valence-corrected chi connectivity index (χ1v) is 11.0. The molecule has 0 saturated carbocycles. The molecule has 1 aliphatic heterocycles. The van der Waals surface area contributed by atoms with Gasteiger partial charge in [-0.15, -0.1) is 0 Å². The molecular weight excluding hydrogens is 420 g/mol. The van der Waals surface area contributed by atoms with Gasteiger partial charge in [0.15, 0.2) is 5.78 Å². The van der Waals surface area contributed by atoms with Crippen molar-refractivity contribution < 1.29 is 18.8 Å². The average Bonchev–Trinajstić information content (AvgIpc) is 3.28. The lowest BCUT2D eigenvalue weighted by molar-refractivity contribution is -0.132. The van der Waals surface area contributed by atoms with Crippen molar-refractivity contribution in [2.75, 3.05) is 33.3 Å². The van der Waals surface area contributed by atoms with Crippen molar-refractivity contribution in [3.8, 4) is 17.1 Å². The van der Waals surface area contributed by atoms with Crippen LogP contribution in [0.2, 0.25) is 0 Å². The third kappa shape index (κ3) is 5.46. The highest BCUT2D eigenvalue weighted by molar-refractivity contribution is 5.94. The third-order valence-corrected chi connectivity index (χ3v) is 5.89. The number of carbonyl (C=O) groups is 2. The fourth-order valence-electron chi connectivity index (χ4n) is 3.90. The lowest BCUT2D eigenvalue weighted by Crippen LogP contribution is -2.48. The van der Waals surface area contributed by atoms with E-state index < -0.39 is 0 Å². The Morgan fingerprint density at radius 2 is 1.79 bits per heavy atom. The van der Waals surface area contributed by atoms with Gasteiger partial charge < -0.3 is 14.2 Å². The molecular formula is C25H28N4O4. The molecule has 33 heavy (non-hydrogen) atoms. The van der Waals surface area contributed by atoms with Gasteiger partial charge in [0, 0.05) is 42.9 Å². The van der Waals surface area contributed by atoms with E-state index in [-0.39, 0.29) is 18.1 Å². The molecule has 3 aromatic rings. The number of carbonyl (C=O) groups excluding carboxylic acids is 2. The van der Waals surface area contributed by atoms with E-state index in [9.17, 15) is 9.59 Å². The summed E-state index contributed by atoms with van der Waals surface area (Å²) < 4.78 is 10.8. The van der Waals surface area contributed by atoms with Crippen LogP contribution in [0.15, 0.2) is 47.0 Å². The first kappa shape index (κ1) is 22.7. The van der Waals surface area contributed by atoms with E-state index in [1.165, 1.54) is 12.5 Å². The quantitative estimate of drug-likeness (QED) is 0.513.